The topological polar surface area (TPSA) is 77.1 Å². The van der Waals surface area contributed by atoms with Gasteiger partial charge in [0.15, 0.2) is 0 Å². The first-order valence-corrected chi connectivity index (χ1v) is 13.8. The maximum Gasteiger partial charge on any atom is 0.329 e. The Labute approximate surface area is 223 Å². The summed E-state index contributed by atoms with van der Waals surface area (Å²) in [5.41, 5.74) is 6.75. The lowest BCUT2D eigenvalue weighted by Gasteiger charge is -2.22. The molecule has 0 radical (unpaired) electrons. The SMILES string of the molecule is CCN1CCCC1CNC(=O)Cn1cc(-c2ccc3c(c2)n(CC)c(=O)n3CC)c(-c2cccc(C)c2)n1. The average molecular weight is 515 g/mol. The van der Waals surface area contributed by atoms with E-state index in [4.69, 9.17) is 5.10 Å². The minimum absolute atomic E-state index is 0.0114. The molecule has 1 N–H and O–H groups in total. The van der Waals surface area contributed by atoms with Crippen molar-refractivity contribution in [2.24, 2.45) is 0 Å². The summed E-state index contributed by atoms with van der Waals surface area (Å²) in [6.45, 7) is 12.4. The van der Waals surface area contributed by atoms with Crippen LogP contribution in [0.2, 0.25) is 0 Å². The number of aryl methyl sites for hydroxylation is 3. The third kappa shape index (κ3) is 4.92. The second-order valence-electron chi connectivity index (χ2n) is 10.2. The molecule has 4 aromatic rings. The largest absolute Gasteiger partial charge is 0.353 e. The van der Waals surface area contributed by atoms with Crippen molar-refractivity contribution in [1.29, 1.82) is 0 Å². The molecule has 1 amide bonds. The van der Waals surface area contributed by atoms with Gasteiger partial charge in [-0.1, -0.05) is 36.8 Å². The molecule has 0 aliphatic carbocycles. The summed E-state index contributed by atoms with van der Waals surface area (Å²) in [5.74, 6) is -0.0342. The second kappa shape index (κ2) is 11.0. The highest BCUT2D eigenvalue weighted by Crippen LogP contribution is 2.33. The van der Waals surface area contributed by atoms with Crippen molar-refractivity contribution < 1.29 is 4.79 Å². The Morgan fingerprint density at radius 3 is 2.53 bits per heavy atom. The molecule has 1 fully saturated rings. The van der Waals surface area contributed by atoms with E-state index in [0.29, 0.717) is 25.7 Å². The predicted molar refractivity (Wildman–Crippen MR) is 152 cm³/mol. The zero-order valence-corrected chi connectivity index (χ0v) is 22.9. The van der Waals surface area contributed by atoms with Crippen molar-refractivity contribution in [3.05, 3.63) is 64.7 Å². The summed E-state index contributed by atoms with van der Waals surface area (Å²) in [4.78, 5) is 28.3. The molecule has 2 aromatic heterocycles. The molecule has 3 heterocycles. The highest BCUT2D eigenvalue weighted by Gasteiger charge is 2.23. The zero-order valence-electron chi connectivity index (χ0n) is 22.9. The van der Waals surface area contributed by atoms with Gasteiger partial charge < -0.3 is 5.32 Å². The van der Waals surface area contributed by atoms with Gasteiger partial charge in [0.25, 0.3) is 0 Å². The summed E-state index contributed by atoms with van der Waals surface area (Å²) in [6, 6.07) is 14.8. The number of likely N-dealkylation sites (N-methyl/N-ethyl adjacent to an activating group) is 1. The Kier molecular flexibility index (Phi) is 7.51. The van der Waals surface area contributed by atoms with Crippen LogP contribution in [0.5, 0.6) is 0 Å². The lowest BCUT2D eigenvalue weighted by molar-refractivity contribution is -0.122. The summed E-state index contributed by atoms with van der Waals surface area (Å²) in [6.07, 6.45) is 4.27. The number of nitrogens with zero attached hydrogens (tertiary/aromatic N) is 5. The quantitative estimate of drug-likeness (QED) is 0.362. The first kappa shape index (κ1) is 26.0. The van der Waals surface area contributed by atoms with Gasteiger partial charge in [-0.15, -0.1) is 0 Å². The molecule has 8 nitrogen and oxygen atoms in total. The molecule has 1 saturated heterocycles. The van der Waals surface area contributed by atoms with Crippen LogP contribution in [-0.4, -0.2) is 55.4 Å². The molecule has 0 bridgehead atoms. The van der Waals surface area contributed by atoms with E-state index in [1.807, 2.05) is 47.4 Å². The van der Waals surface area contributed by atoms with Crippen LogP contribution in [0.25, 0.3) is 33.4 Å². The molecule has 1 aliphatic rings. The Balaban J connectivity index is 1.49. The van der Waals surface area contributed by atoms with Gasteiger partial charge in [-0.3, -0.25) is 23.5 Å². The Hall–Kier alpha value is -3.65. The number of likely N-dealkylation sites (tertiary alicyclic amines) is 1. The van der Waals surface area contributed by atoms with Crippen molar-refractivity contribution in [3.63, 3.8) is 0 Å². The van der Waals surface area contributed by atoms with Gasteiger partial charge in [0.2, 0.25) is 5.91 Å². The van der Waals surface area contributed by atoms with Gasteiger partial charge in [0.05, 0.1) is 11.0 Å². The fourth-order valence-electron chi connectivity index (χ4n) is 5.79. The third-order valence-corrected chi connectivity index (χ3v) is 7.76. The van der Waals surface area contributed by atoms with E-state index in [1.54, 1.807) is 4.68 Å². The number of amides is 1. The molecular formula is C30H38N6O2. The lowest BCUT2D eigenvalue weighted by Crippen LogP contribution is -2.41. The van der Waals surface area contributed by atoms with Gasteiger partial charge in [0.1, 0.15) is 12.2 Å². The molecule has 1 aliphatic heterocycles. The molecule has 5 rings (SSSR count). The number of carbonyl (C=O) groups excluding carboxylic acids is 1. The van der Waals surface area contributed by atoms with Crippen LogP contribution in [0.15, 0.2) is 53.5 Å². The molecular weight excluding hydrogens is 476 g/mol. The monoisotopic (exact) mass is 514 g/mol. The van der Waals surface area contributed by atoms with Gasteiger partial charge >= 0.3 is 5.69 Å². The number of hydrogen-bond donors (Lipinski definition) is 1. The predicted octanol–water partition coefficient (Wildman–Crippen LogP) is 4.28. The molecule has 0 spiro atoms. The van der Waals surface area contributed by atoms with Crippen molar-refractivity contribution in [2.75, 3.05) is 19.6 Å². The molecule has 38 heavy (non-hydrogen) atoms. The minimum atomic E-state index is -0.0342. The fraction of sp³-hybridized carbons (Fsp3) is 0.433. The summed E-state index contributed by atoms with van der Waals surface area (Å²) in [7, 11) is 0. The number of aromatic nitrogens is 4. The van der Waals surface area contributed by atoms with Gasteiger partial charge in [-0.2, -0.15) is 5.10 Å². The lowest BCUT2D eigenvalue weighted by atomic mass is 10.0. The van der Waals surface area contributed by atoms with Crippen molar-refractivity contribution in [3.8, 4) is 22.4 Å². The van der Waals surface area contributed by atoms with Gasteiger partial charge in [-0.05, 0) is 70.5 Å². The first-order chi connectivity index (χ1) is 18.4. The number of rotatable bonds is 9. The van der Waals surface area contributed by atoms with Crippen LogP contribution >= 0.6 is 0 Å². The Morgan fingerprint density at radius 2 is 1.79 bits per heavy atom. The smallest absolute Gasteiger partial charge is 0.329 e. The van der Waals surface area contributed by atoms with Crippen molar-refractivity contribution >= 4 is 16.9 Å². The van der Waals surface area contributed by atoms with E-state index < -0.39 is 0 Å². The van der Waals surface area contributed by atoms with Crippen molar-refractivity contribution in [2.45, 2.75) is 66.2 Å². The van der Waals surface area contributed by atoms with Crippen LogP contribution in [-0.2, 0) is 24.4 Å². The van der Waals surface area contributed by atoms with E-state index in [0.717, 1.165) is 58.5 Å². The Morgan fingerprint density at radius 1 is 1.00 bits per heavy atom. The molecule has 1 atom stereocenters. The number of fused-ring (bicyclic) bond motifs is 1. The van der Waals surface area contributed by atoms with Crippen LogP contribution in [0.3, 0.4) is 0 Å². The highest BCUT2D eigenvalue weighted by molar-refractivity contribution is 5.88. The van der Waals surface area contributed by atoms with E-state index >= 15 is 0 Å². The summed E-state index contributed by atoms with van der Waals surface area (Å²) in [5, 5.41) is 8.01. The fourth-order valence-corrected chi connectivity index (χ4v) is 5.79. The van der Waals surface area contributed by atoms with Crippen LogP contribution < -0.4 is 11.0 Å². The summed E-state index contributed by atoms with van der Waals surface area (Å²) >= 11 is 0. The molecule has 1 unspecified atom stereocenters. The van der Waals surface area contributed by atoms with E-state index in [1.165, 1.54) is 6.42 Å². The van der Waals surface area contributed by atoms with Gasteiger partial charge in [0, 0.05) is 43.0 Å². The van der Waals surface area contributed by atoms with Crippen LogP contribution in [0.1, 0.15) is 39.2 Å². The van der Waals surface area contributed by atoms with Crippen LogP contribution in [0.4, 0.5) is 0 Å². The van der Waals surface area contributed by atoms with Crippen molar-refractivity contribution in [1.82, 2.24) is 29.1 Å². The summed E-state index contributed by atoms with van der Waals surface area (Å²) < 4.78 is 5.36. The maximum atomic E-state index is 12.9. The standard InChI is InChI=1S/C30H38N6O2/c1-5-33-15-9-12-24(33)18-31-28(37)20-34-19-25(29(32-34)23-11-8-10-21(4)16-23)22-13-14-26-27(17-22)36(7-3)30(38)35(26)6-2/h8,10-11,13-14,16-17,19,24H,5-7,9,12,15,18,20H2,1-4H3,(H,31,37). The first-order valence-electron chi connectivity index (χ1n) is 13.8. The number of benzene rings is 2. The number of nitrogens with one attached hydrogen (secondary N) is 1. The number of hydrogen-bond acceptors (Lipinski definition) is 4. The average Bonchev–Trinajstić information content (AvgIpc) is 3.62. The molecule has 8 heteroatoms. The van der Waals surface area contributed by atoms with Gasteiger partial charge in [-0.25, -0.2) is 4.79 Å². The van der Waals surface area contributed by atoms with E-state index in [-0.39, 0.29) is 18.1 Å². The number of carbonyl (C=O) groups is 1. The number of imidazole rings is 1. The third-order valence-electron chi connectivity index (χ3n) is 7.76. The van der Waals surface area contributed by atoms with E-state index in [9.17, 15) is 9.59 Å². The van der Waals surface area contributed by atoms with Crippen LogP contribution in [0, 0.1) is 6.92 Å². The molecule has 200 valence electrons. The van der Waals surface area contributed by atoms with E-state index in [2.05, 4.69) is 48.3 Å². The Bertz CT molecular complexity index is 1510. The zero-order chi connectivity index (χ0) is 26.8. The molecule has 2 aromatic carbocycles. The minimum Gasteiger partial charge on any atom is -0.353 e. The molecule has 0 saturated carbocycles. The highest BCUT2D eigenvalue weighted by atomic mass is 16.2. The maximum absolute atomic E-state index is 12.9. The normalized spacial score (nSPS) is 15.9. The second-order valence-corrected chi connectivity index (χ2v) is 10.2.